The Labute approximate surface area is 295 Å². The number of allylic oxidation sites excluding steroid dienone is 12. The van der Waals surface area contributed by atoms with Crippen LogP contribution >= 0.6 is 0 Å². The van der Waals surface area contributed by atoms with Crippen LogP contribution in [0.15, 0.2) is 72.9 Å². The summed E-state index contributed by atoms with van der Waals surface area (Å²) in [4.78, 5) is 24.2. The van der Waals surface area contributed by atoms with Gasteiger partial charge < -0.3 is 14.6 Å². The average molecular weight is 669 g/mol. The summed E-state index contributed by atoms with van der Waals surface area (Å²) in [5, 5.41) is 9.54. The van der Waals surface area contributed by atoms with Crippen molar-refractivity contribution in [1.82, 2.24) is 0 Å². The van der Waals surface area contributed by atoms with Crippen molar-refractivity contribution in [3.8, 4) is 0 Å². The monoisotopic (exact) mass is 669 g/mol. The fourth-order valence-electron chi connectivity index (χ4n) is 5.05. The van der Waals surface area contributed by atoms with E-state index in [-0.39, 0.29) is 31.6 Å². The molecule has 0 unspecified atom stereocenters. The second-order valence-electron chi connectivity index (χ2n) is 12.6. The summed E-state index contributed by atoms with van der Waals surface area (Å²) in [6, 6.07) is 0. The zero-order valence-corrected chi connectivity index (χ0v) is 31.0. The molecule has 0 bridgehead atoms. The van der Waals surface area contributed by atoms with Gasteiger partial charge in [-0.25, -0.2) is 0 Å². The quantitative estimate of drug-likeness (QED) is 0.0420. The SMILES string of the molecule is CCC=CCC=CCC=CCC=CCC=CCCCC(=O)O[C@@H](CO)COC(=O)CCCCCCCCCC=CCCCCCCCC. The van der Waals surface area contributed by atoms with Crippen LogP contribution in [0.2, 0.25) is 0 Å². The minimum absolute atomic E-state index is 0.0940. The number of aliphatic hydroxyl groups is 1. The highest BCUT2D eigenvalue weighted by molar-refractivity contribution is 5.70. The highest BCUT2D eigenvalue weighted by atomic mass is 16.6. The molecular weight excluding hydrogens is 596 g/mol. The van der Waals surface area contributed by atoms with Gasteiger partial charge in [-0.2, -0.15) is 0 Å². The van der Waals surface area contributed by atoms with Crippen LogP contribution in [0, 0.1) is 0 Å². The lowest BCUT2D eigenvalue weighted by Gasteiger charge is -2.15. The molecule has 0 amide bonds. The summed E-state index contributed by atoms with van der Waals surface area (Å²) < 4.78 is 10.6. The highest BCUT2D eigenvalue weighted by Gasteiger charge is 2.15. The lowest BCUT2D eigenvalue weighted by Crippen LogP contribution is -2.28. The lowest BCUT2D eigenvalue weighted by molar-refractivity contribution is -0.161. The van der Waals surface area contributed by atoms with Gasteiger partial charge in [0, 0.05) is 12.8 Å². The lowest BCUT2D eigenvalue weighted by atomic mass is 10.1. The molecule has 0 fully saturated rings. The van der Waals surface area contributed by atoms with Crippen molar-refractivity contribution in [2.75, 3.05) is 13.2 Å². The minimum atomic E-state index is -0.805. The van der Waals surface area contributed by atoms with Crippen LogP contribution in [0.5, 0.6) is 0 Å². The van der Waals surface area contributed by atoms with Gasteiger partial charge in [-0.3, -0.25) is 9.59 Å². The van der Waals surface area contributed by atoms with Gasteiger partial charge in [-0.1, -0.05) is 151 Å². The van der Waals surface area contributed by atoms with E-state index in [1.54, 1.807) is 0 Å². The van der Waals surface area contributed by atoms with Crippen LogP contribution in [0.4, 0.5) is 0 Å². The zero-order chi connectivity index (χ0) is 35.0. The normalized spacial score (nSPS) is 13.0. The average Bonchev–Trinajstić information content (AvgIpc) is 3.09. The maximum Gasteiger partial charge on any atom is 0.306 e. The van der Waals surface area contributed by atoms with E-state index in [4.69, 9.17) is 9.47 Å². The summed E-state index contributed by atoms with van der Waals surface area (Å²) in [5.41, 5.74) is 0. The van der Waals surface area contributed by atoms with E-state index in [1.807, 2.05) is 0 Å². The smallest absolute Gasteiger partial charge is 0.306 e. The summed E-state index contributed by atoms with van der Waals surface area (Å²) in [7, 11) is 0. The van der Waals surface area contributed by atoms with Gasteiger partial charge in [0.25, 0.3) is 0 Å². The molecule has 0 aromatic carbocycles. The van der Waals surface area contributed by atoms with Gasteiger partial charge in [-0.15, -0.1) is 0 Å². The van der Waals surface area contributed by atoms with Crippen LogP contribution in [-0.2, 0) is 19.1 Å². The number of hydrogen-bond donors (Lipinski definition) is 1. The first kappa shape index (κ1) is 45.3. The maximum absolute atomic E-state index is 12.1. The molecular formula is C43H72O5. The Morgan fingerprint density at radius 1 is 0.500 bits per heavy atom. The number of hydrogen-bond acceptors (Lipinski definition) is 5. The molecule has 0 aliphatic heterocycles. The van der Waals surface area contributed by atoms with Gasteiger partial charge in [0.2, 0.25) is 0 Å². The standard InChI is InChI=1S/C43H72O5/c1-3-5-7-9-11-13-15-17-19-21-23-25-27-29-31-33-35-37-42(45)47-40-41(39-44)48-43(46)38-36-34-32-30-28-26-24-22-20-18-16-14-12-10-8-6-4-2/h6,8,12,14,17-20,24,26,30,32,41,44H,3-5,7,9-11,13,15-16,21-23,25,27-29,31,33-40H2,1-2H3/t41-/m0/s1. The molecule has 0 radical (unpaired) electrons. The molecule has 0 saturated carbocycles. The molecule has 0 saturated heterocycles. The second-order valence-corrected chi connectivity index (χ2v) is 12.6. The molecule has 1 N–H and O–H groups in total. The molecule has 48 heavy (non-hydrogen) atoms. The topological polar surface area (TPSA) is 72.8 Å². The minimum Gasteiger partial charge on any atom is -0.462 e. The van der Waals surface area contributed by atoms with E-state index in [0.717, 1.165) is 57.8 Å². The molecule has 0 heterocycles. The van der Waals surface area contributed by atoms with E-state index < -0.39 is 6.10 Å². The first-order valence-corrected chi connectivity index (χ1v) is 19.5. The van der Waals surface area contributed by atoms with E-state index in [1.165, 1.54) is 77.0 Å². The number of ether oxygens (including phenoxy) is 2. The predicted molar refractivity (Wildman–Crippen MR) is 205 cm³/mol. The molecule has 0 aliphatic rings. The highest BCUT2D eigenvalue weighted by Crippen LogP contribution is 2.12. The Morgan fingerprint density at radius 2 is 0.917 bits per heavy atom. The fourth-order valence-corrected chi connectivity index (χ4v) is 5.05. The van der Waals surface area contributed by atoms with E-state index in [0.29, 0.717) is 12.8 Å². The van der Waals surface area contributed by atoms with Crippen molar-refractivity contribution in [2.45, 2.75) is 174 Å². The summed E-state index contributed by atoms with van der Waals surface area (Å²) in [6.45, 7) is 3.96. The van der Waals surface area contributed by atoms with Gasteiger partial charge in [0.15, 0.2) is 6.10 Å². The number of aliphatic hydroxyl groups excluding tert-OH is 1. The van der Waals surface area contributed by atoms with Crippen molar-refractivity contribution in [3.05, 3.63) is 72.9 Å². The number of carbonyl (C=O) groups excluding carboxylic acids is 2. The van der Waals surface area contributed by atoms with Crippen molar-refractivity contribution in [3.63, 3.8) is 0 Å². The Kier molecular flexibility index (Phi) is 36.6. The first-order chi connectivity index (χ1) is 23.6. The Balaban J connectivity index is 3.68. The van der Waals surface area contributed by atoms with E-state index in [2.05, 4.69) is 86.8 Å². The van der Waals surface area contributed by atoms with Crippen LogP contribution in [0.1, 0.15) is 168 Å². The molecule has 0 aromatic heterocycles. The third-order valence-corrected chi connectivity index (χ3v) is 7.98. The molecule has 274 valence electrons. The van der Waals surface area contributed by atoms with E-state index >= 15 is 0 Å². The van der Waals surface area contributed by atoms with Crippen molar-refractivity contribution in [1.29, 1.82) is 0 Å². The molecule has 0 rings (SSSR count). The van der Waals surface area contributed by atoms with Crippen LogP contribution in [0.25, 0.3) is 0 Å². The maximum atomic E-state index is 12.1. The van der Waals surface area contributed by atoms with Gasteiger partial charge in [-0.05, 0) is 77.0 Å². The first-order valence-electron chi connectivity index (χ1n) is 19.5. The van der Waals surface area contributed by atoms with Crippen LogP contribution < -0.4 is 0 Å². The largest absolute Gasteiger partial charge is 0.462 e. The van der Waals surface area contributed by atoms with Gasteiger partial charge in [0.1, 0.15) is 6.61 Å². The summed E-state index contributed by atoms with van der Waals surface area (Å²) in [5.74, 6) is -0.669. The molecule has 0 aromatic rings. The number of rotatable bonds is 34. The van der Waals surface area contributed by atoms with Crippen molar-refractivity contribution >= 4 is 11.9 Å². The predicted octanol–water partition coefficient (Wildman–Crippen LogP) is 12.2. The fraction of sp³-hybridized carbons (Fsp3) is 0.674. The molecule has 5 heteroatoms. The Hall–Kier alpha value is -2.66. The molecule has 0 aliphatic carbocycles. The summed E-state index contributed by atoms with van der Waals surface area (Å²) in [6.07, 6.45) is 51.1. The molecule has 5 nitrogen and oxygen atoms in total. The van der Waals surface area contributed by atoms with E-state index in [9.17, 15) is 14.7 Å². The molecule has 0 spiro atoms. The van der Waals surface area contributed by atoms with Crippen molar-refractivity contribution in [2.24, 2.45) is 0 Å². The molecule has 1 atom stereocenters. The number of unbranched alkanes of at least 4 members (excludes halogenated alkanes) is 14. The van der Waals surface area contributed by atoms with Crippen LogP contribution in [0.3, 0.4) is 0 Å². The van der Waals surface area contributed by atoms with Crippen molar-refractivity contribution < 1.29 is 24.2 Å². The number of carbonyl (C=O) groups is 2. The summed E-state index contributed by atoms with van der Waals surface area (Å²) >= 11 is 0. The Morgan fingerprint density at radius 3 is 1.44 bits per heavy atom. The number of esters is 2. The zero-order valence-electron chi connectivity index (χ0n) is 31.0. The second kappa shape index (κ2) is 38.8. The van der Waals surface area contributed by atoms with Gasteiger partial charge in [0.05, 0.1) is 6.61 Å². The third-order valence-electron chi connectivity index (χ3n) is 7.98. The third kappa shape index (κ3) is 36.2. The van der Waals surface area contributed by atoms with Crippen LogP contribution in [-0.4, -0.2) is 36.4 Å². The van der Waals surface area contributed by atoms with Gasteiger partial charge >= 0.3 is 11.9 Å². The Bertz CT molecular complexity index is 895.